The van der Waals surface area contributed by atoms with Gasteiger partial charge in [-0.1, -0.05) is 0 Å². The first-order valence-electron chi connectivity index (χ1n) is 4.84. The van der Waals surface area contributed by atoms with Gasteiger partial charge < -0.3 is 13.9 Å². The van der Waals surface area contributed by atoms with E-state index < -0.39 is 0 Å². The monoisotopic (exact) mass is 206 g/mol. The van der Waals surface area contributed by atoms with Crippen LogP contribution in [0.2, 0.25) is 0 Å². The van der Waals surface area contributed by atoms with Gasteiger partial charge in [-0.25, -0.2) is 4.98 Å². The Bertz CT molecular complexity index is 451. The van der Waals surface area contributed by atoms with Crippen molar-refractivity contribution in [3.63, 3.8) is 0 Å². The predicted octanol–water partition coefficient (Wildman–Crippen LogP) is 1.53. The van der Waals surface area contributed by atoms with Crippen LogP contribution in [0, 0.1) is 0 Å². The van der Waals surface area contributed by atoms with E-state index in [1.807, 2.05) is 28.9 Å². The van der Waals surface area contributed by atoms with Crippen LogP contribution < -0.4 is 4.74 Å². The summed E-state index contributed by atoms with van der Waals surface area (Å²) in [5.41, 5.74) is 0.992. The lowest BCUT2D eigenvalue weighted by atomic mass is 10.3. The number of hydrogen-bond acceptors (Lipinski definition) is 3. The van der Waals surface area contributed by atoms with Gasteiger partial charge >= 0.3 is 0 Å². The molecule has 0 fully saturated rings. The van der Waals surface area contributed by atoms with E-state index in [1.54, 1.807) is 14.2 Å². The first kappa shape index (κ1) is 9.98. The maximum absolute atomic E-state index is 5.25. The van der Waals surface area contributed by atoms with Gasteiger partial charge in [0.1, 0.15) is 17.1 Å². The molecule has 15 heavy (non-hydrogen) atoms. The Hall–Kier alpha value is -1.55. The largest absolute Gasteiger partial charge is 0.494 e. The minimum atomic E-state index is 0.677. The highest BCUT2D eigenvalue weighted by Crippen LogP contribution is 2.19. The average Bonchev–Trinajstić information content (AvgIpc) is 2.69. The Morgan fingerprint density at radius 3 is 3.00 bits per heavy atom. The molecule has 0 saturated heterocycles. The van der Waals surface area contributed by atoms with E-state index in [9.17, 15) is 0 Å². The molecule has 0 N–H and O–H groups in total. The number of methoxy groups -OCH3 is 2. The Balaban J connectivity index is 2.42. The molecule has 4 heteroatoms. The summed E-state index contributed by atoms with van der Waals surface area (Å²) in [5.74, 6) is 1.83. The fraction of sp³-hybridized carbons (Fsp3) is 0.364. The van der Waals surface area contributed by atoms with Crippen LogP contribution in [-0.2, 0) is 11.2 Å². The minimum absolute atomic E-state index is 0.677. The second-order valence-electron chi connectivity index (χ2n) is 3.25. The van der Waals surface area contributed by atoms with Gasteiger partial charge in [0.05, 0.1) is 19.9 Å². The van der Waals surface area contributed by atoms with Crippen LogP contribution in [0.5, 0.6) is 5.75 Å². The number of hydrogen-bond donors (Lipinski definition) is 0. The maximum Gasteiger partial charge on any atom is 0.144 e. The van der Waals surface area contributed by atoms with E-state index in [2.05, 4.69) is 4.98 Å². The average molecular weight is 206 g/mol. The number of nitrogens with zero attached hydrogens (tertiary/aromatic N) is 2. The Kier molecular flexibility index (Phi) is 2.87. The van der Waals surface area contributed by atoms with Gasteiger partial charge in [0.2, 0.25) is 0 Å². The molecule has 2 heterocycles. The smallest absolute Gasteiger partial charge is 0.144 e. The number of fused-ring (bicyclic) bond motifs is 1. The zero-order valence-corrected chi connectivity index (χ0v) is 8.93. The van der Waals surface area contributed by atoms with E-state index >= 15 is 0 Å². The summed E-state index contributed by atoms with van der Waals surface area (Å²) in [4.78, 5) is 4.34. The summed E-state index contributed by atoms with van der Waals surface area (Å²) in [7, 11) is 3.35. The van der Waals surface area contributed by atoms with Crippen molar-refractivity contribution in [3.8, 4) is 5.75 Å². The summed E-state index contributed by atoms with van der Waals surface area (Å²) >= 11 is 0. The highest BCUT2D eigenvalue weighted by molar-refractivity contribution is 5.59. The van der Waals surface area contributed by atoms with Crippen LogP contribution in [0.1, 0.15) is 5.82 Å². The number of imidazole rings is 1. The van der Waals surface area contributed by atoms with Crippen molar-refractivity contribution in [1.82, 2.24) is 9.38 Å². The van der Waals surface area contributed by atoms with Crippen molar-refractivity contribution < 1.29 is 9.47 Å². The van der Waals surface area contributed by atoms with Gasteiger partial charge in [-0.05, 0) is 12.1 Å². The highest BCUT2D eigenvalue weighted by Gasteiger charge is 2.06. The van der Waals surface area contributed by atoms with Gasteiger partial charge in [-0.15, -0.1) is 0 Å². The summed E-state index contributed by atoms with van der Waals surface area (Å²) < 4.78 is 12.3. The lowest BCUT2D eigenvalue weighted by molar-refractivity contribution is 0.200. The van der Waals surface area contributed by atoms with Crippen molar-refractivity contribution in [2.24, 2.45) is 0 Å². The van der Waals surface area contributed by atoms with Gasteiger partial charge in [-0.3, -0.25) is 0 Å². The lowest BCUT2D eigenvalue weighted by Gasteiger charge is -2.04. The SMILES string of the molecule is COCCc1ncc2c(OC)cccn12. The zero-order chi connectivity index (χ0) is 10.7. The second kappa shape index (κ2) is 4.31. The topological polar surface area (TPSA) is 35.8 Å². The number of pyridine rings is 1. The van der Waals surface area contributed by atoms with Crippen molar-refractivity contribution in [2.45, 2.75) is 6.42 Å². The van der Waals surface area contributed by atoms with Crippen LogP contribution in [0.4, 0.5) is 0 Å². The molecule has 0 unspecified atom stereocenters. The van der Waals surface area contributed by atoms with Crippen molar-refractivity contribution in [2.75, 3.05) is 20.8 Å². The molecule has 0 spiro atoms. The van der Waals surface area contributed by atoms with E-state index in [4.69, 9.17) is 9.47 Å². The van der Waals surface area contributed by atoms with Crippen molar-refractivity contribution >= 4 is 5.52 Å². The van der Waals surface area contributed by atoms with Crippen LogP contribution in [0.15, 0.2) is 24.5 Å². The molecular weight excluding hydrogens is 192 g/mol. The van der Waals surface area contributed by atoms with Crippen molar-refractivity contribution in [3.05, 3.63) is 30.4 Å². The molecular formula is C11H14N2O2. The second-order valence-corrected chi connectivity index (χ2v) is 3.25. The highest BCUT2D eigenvalue weighted by atomic mass is 16.5. The number of rotatable bonds is 4. The van der Waals surface area contributed by atoms with Crippen LogP contribution >= 0.6 is 0 Å². The van der Waals surface area contributed by atoms with E-state index in [1.165, 1.54) is 0 Å². The first-order valence-corrected chi connectivity index (χ1v) is 4.84. The van der Waals surface area contributed by atoms with Crippen LogP contribution in [0.25, 0.3) is 5.52 Å². The third kappa shape index (κ3) is 1.80. The lowest BCUT2D eigenvalue weighted by Crippen LogP contribution is -2.00. The molecule has 0 saturated carbocycles. The molecule has 0 amide bonds. The summed E-state index contributed by atoms with van der Waals surface area (Å²) in [6, 6.07) is 3.88. The minimum Gasteiger partial charge on any atom is -0.494 e. The molecule has 0 bridgehead atoms. The summed E-state index contributed by atoms with van der Waals surface area (Å²) in [6.45, 7) is 0.677. The third-order valence-corrected chi connectivity index (χ3v) is 2.36. The molecule has 2 aromatic rings. The standard InChI is InChI=1S/C11H14N2O2/c1-14-7-5-11-12-8-9-10(15-2)4-3-6-13(9)11/h3-4,6,8H,5,7H2,1-2H3. The zero-order valence-electron chi connectivity index (χ0n) is 8.93. The normalized spacial score (nSPS) is 10.8. The summed E-state index contributed by atoms with van der Waals surface area (Å²) in [6.07, 6.45) is 4.61. The Morgan fingerprint density at radius 2 is 2.27 bits per heavy atom. The molecule has 4 nitrogen and oxygen atoms in total. The number of ether oxygens (including phenoxy) is 2. The molecule has 2 rings (SSSR count). The first-order chi connectivity index (χ1) is 7.36. The fourth-order valence-corrected chi connectivity index (χ4v) is 1.60. The van der Waals surface area contributed by atoms with Gasteiger partial charge in [-0.2, -0.15) is 0 Å². The fourth-order valence-electron chi connectivity index (χ4n) is 1.60. The molecule has 0 aromatic carbocycles. The molecule has 0 radical (unpaired) electrons. The van der Waals surface area contributed by atoms with Crippen molar-refractivity contribution in [1.29, 1.82) is 0 Å². The molecule has 0 aliphatic heterocycles. The van der Waals surface area contributed by atoms with E-state index in [-0.39, 0.29) is 0 Å². The Morgan fingerprint density at radius 1 is 1.40 bits per heavy atom. The number of aromatic nitrogens is 2. The molecule has 80 valence electrons. The van der Waals surface area contributed by atoms with Gasteiger partial charge in [0, 0.05) is 19.7 Å². The van der Waals surface area contributed by atoms with Gasteiger partial charge in [0.25, 0.3) is 0 Å². The maximum atomic E-state index is 5.25. The summed E-state index contributed by atoms with van der Waals surface area (Å²) in [5, 5.41) is 0. The van der Waals surface area contributed by atoms with Gasteiger partial charge in [0.15, 0.2) is 0 Å². The van der Waals surface area contributed by atoms with Crippen LogP contribution in [0.3, 0.4) is 0 Å². The van der Waals surface area contributed by atoms with E-state index in [0.29, 0.717) is 6.61 Å². The van der Waals surface area contributed by atoms with Crippen LogP contribution in [-0.4, -0.2) is 30.2 Å². The molecule has 0 atom stereocenters. The molecule has 0 aliphatic carbocycles. The van der Waals surface area contributed by atoms with E-state index in [0.717, 1.165) is 23.5 Å². The quantitative estimate of drug-likeness (QED) is 0.761. The Labute approximate surface area is 88.5 Å². The molecule has 0 aliphatic rings. The predicted molar refractivity (Wildman–Crippen MR) is 57.3 cm³/mol. The molecule has 2 aromatic heterocycles. The third-order valence-electron chi connectivity index (χ3n) is 2.36.